The number of thioether (sulfide) groups is 2. The van der Waals surface area contributed by atoms with Gasteiger partial charge in [0.1, 0.15) is 4.83 Å². The summed E-state index contributed by atoms with van der Waals surface area (Å²) in [6.07, 6.45) is 1.96. The Bertz CT molecular complexity index is 904. The van der Waals surface area contributed by atoms with Gasteiger partial charge in [-0.3, -0.25) is 9.59 Å². The number of benzene rings is 1. The SMILES string of the molecule is CSc1ccccc1NC(=O)CSc1nc2sccc2c(=O)[nH]1. The predicted molar refractivity (Wildman–Crippen MR) is 97.8 cm³/mol. The Labute approximate surface area is 144 Å². The zero-order chi connectivity index (χ0) is 16.2. The van der Waals surface area contributed by atoms with Crippen LogP contribution in [0.3, 0.4) is 0 Å². The number of thiophene rings is 1. The number of aromatic amines is 1. The van der Waals surface area contributed by atoms with Crippen LogP contribution in [0.1, 0.15) is 0 Å². The monoisotopic (exact) mass is 363 g/mol. The first-order valence-corrected chi connectivity index (χ1v) is 9.79. The van der Waals surface area contributed by atoms with Gasteiger partial charge in [0.25, 0.3) is 5.56 Å². The zero-order valence-corrected chi connectivity index (χ0v) is 14.6. The number of anilines is 1. The molecule has 0 aliphatic rings. The summed E-state index contributed by atoms with van der Waals surface area (Å²) in [5, 5.41) is 5.75. The van der Waals surface area contributed by atoms with E-state index in [-0.39, 0.29) is 17.2 Å². The summed E-state index contributed by atoms with van der Waals surface area (Å²) in [4.78, 5) is 32.7. The lowest BCUT2D eigenvalue weighted by Crippen LogP contribution is -2.15. The van der Waals surface area contributed by atoms with Gasteiger partial charge in [-0.05, 0) is 29.8 Å². The number of hydrogen-bond donors (Lipinski definition) is 2. The molecule has 118 valence electrons. The standard InChI is InChI=1S/C15H13N3O2S3/c1-21-11-5-3-2-4-10(11)16-12(19)8-23-15-17-13(20)9-6-7-22-14(9)18-15/h2-7H,8H2,1H3,(H,16,19)(H,17,18,20). The van der Waals surface area contributed by atoms with E-state index in [1.165, 1.54) is 23.1 Å². The van der Waals surface area contributed by atoms with Gasteiger partial charge in [-0.15, -0.1) is 23.1 Å². The zero-order valence-electron chi connectivity index (χ0n) is 12.2. The highest BCUT2D eigenvalue weighted by Crippen LogP contribution is 2.25. The number of fused-ring (bicyclic) bond motifs is 1. The van der Waals surface area contributed by atoms with Gasteiger partial charge in [0.05, 0.1) is 16.8 Å². The Morgan fingerprint density at radius 2 is 2.17 bits per heavy atom. The molecule has 0 unspecified atom stereocenters. The van der Waals surface area contributed by atoms with Gasteiger partial charge >= 0.3 is 0 Å². The molecule has 2 aromatic heterocycles. The van der Waals surface area contributed by atoms with Gasteiger partial charge in [0, 0.05) is 4.90 Å². The van der Waals surface area contributed by atoms with Crippen molar-refractivity contribution >= 4 is 56.7 Å². The summed E-state index contributed by atoms with van der Waals surface area (Å²) >= 11 is 4.20. The van der Waals surface area contributed by atoms with Gasteiger partial charge in [-0.25, -0.2) is 4.98 Å². The first-order valence-electron chi connectivity index (χ1n) is 6.70. The molecule has 0 saturated heterocycles. The molecular weight excluding hydrogens is 350 g/mol. The second-order valence-electron chi connectivity index (χ2n) is 4.55. The fraction of sp³-hybridized carbons (Fsp3) is 0.133. The molecule has 0 saturated carbocycles. The van der Waals surface area contributed by atoms with Crippen molar-refractivity contribution in [3.05, 3.63) is 46.1 Å². The molecule has 2 N–H and O–H groups in total. The second-order valence-corrected chi connectivity index (χ2v) is 7.25. The van der Waals surface area contributed by atoms with Gasteiger partial charge in [-0.2, -0.15) is 0 Å². The van der Waals surface area contributed by atoms with Gasteiger partial charge in [0.2, 0.25) is 5.91 Å². The van der Waals surface area contributed by atoms with Crippen LogP contribution in [0.25, 0.3) is 10.2 Å². The Morgan fingerprint density at radius 3 is 3.00 bits per heavy atom. The minimum Gasteiger partial charge on any atom is -0.324 e. The van der Waals surface area contributed by atoms with Crippen LogP contribution < -0.4 is 10.9 Å². The number of aromatic nitrogens is 2. The van der Waals surface area contributed by atoms with E-state index in [0.717, 1.165) is 10.6 Å². The molecule has 0 fully saturated rings. The number of hydrogen-bond acceptors (Lipinski definition) is 6. The van der Waals surface area contributed by atoms with E-state index in [0.29, 0.717) is 15.4 Å². The first kappa shape index (κ1) is 16.1. The second kappa shape index (κ2) is 7.20. The maximum absolute atomic E-state index is 12.1. The van der Waals surface area contributed by atoms with Crippen LogP contribution in [0.4, 0.5) is 5.69 Å². The Balaban J connectivity index is 1.67. The third-order valence-electron chi connectivity index (χ3n) is 3.03. The topological polar surface area (TPSA) is 74.8 Å². The van der Waals surface area contributed by atoms with Crippen molar-refractivity contribution in [3.8, 4) is 0 Å². The van der Waals surface area contributed by atoms with Crippen LogP contribution in [-0.4, -0.2) is 27.9 Å². The molecule has 0 spiro atoms. The quantitative estimate of drug-likeness (QED) is 0.536. The summed E-state index contributed by atoms with van der Waals surface area (Å²) in [6, 6.07) is 9.38. The summed E-state index contributed by atoms with van der Waals surface area (Å²) < 4.78 is 0. The average Bonchev–Trinajstić information content (AvgIpc) is 3.02. The Hall–Kier alpha value is -1.77. The number of para-hydroxylation sites is 1. The third kappa shape index (κ3) is 3.77. The van der Waals surface area contributed by atoms with E-state index in [2.05, 4.69) is 15.3 Å². The number of rotatable bonds is 5. The fourth-order valence-corrected chi connectivity index (χ4v) is 4.02. The molecule has 2 heterocycles. The van der Waals surface area contributed by atoms with Crippen molar-refractivity contribution in [2.75, 3.05) is 17.3 Å². The number of nitrogens with zero attached hydrogens (tertiary/aromatic N) is 1. The molecule has 1 amide bonds. The molecule has 3 rings (SSSR count). The maximum atomic E-state index is 12.1. The van der Waals surface area contributed by atoms with Crippen molar-refractivity contribution in [1.29, 1.82) is 0 Å². The number of carbonyl (C=O) groups excluding carboxylic acids is 1. The molecular formula is C15H13N3O2S3. The molecule has 5 nitrogen and oxygen atoms in total. The van der Waals surface area contributed by atoms with Gasteiger partial charge in [-0.1, -0.05) is 23.9 Å². The maximum Gasteiger partial charge on any atom is 0.260 e. The summed E-state index contributed by atoms with van der Waals surface area (Å²) in [5.41, 5.74) is 0.618. The van der Waals surface area contributed by atoms with Gasteiger partial charge < -0.3 is 10.3 Å². The van der Waals surface area contributed by atoms with Crippen molar-refractivity contribution in [3.63, 3.8) is 0 Å². The van der Waals surface area contributed by atoms with E-state index in [4.69, 9.17) is 0 Å². The van der Waals surface area contributed by atoms with Crippen LogP contribution >= 0.6 is 34.9 Å². The first-order chi connectivity index (χ1) is 11.2. The van der Waals surface area contributed by atoms with Crippen molar-refractivity contribution < 1.29 is 4.79 Å². The molecule has 8 heteroatoms. The summed E-state index contributed by atoms with van der Waals surface area (Å²) in [6.45, 7) is 0. The molecule has 1 aromatic carbocycles. The molecule has 0 aliphatic heterocycles. The summed E-state index contributed by atoms with van der Waals surface area (Å²) in [5.74, 6) is 0.0492. The van der Waals surface area contributed by atoms with E-state index >= 15 is 0 Å². The van der Waals surface area contributed by atoms with Crippen LogP contribution in [0.2, 0.25) is 0 Å². The highest BCUT2D eigenvalue weighted by Gasteiger charge is 2.10. The molecule has 0 aliphatic carbocycles. The van der Waals surface area contributed by atoms with Crippen molar-refractivity contribution in [2.24, 2.45) is 0 Å². The highest BCUT2D eigenvalue weighted by atomic mass is 32.2. The third-order valence-corrected chi connectivity index (χ3v) is 5.51. The molecule has 0 atom stereocenters. The van der Waals surface area contributed by atoms with Crippen LogP contribution in [0.5, 0.6) is 0 Å². The Kier molecular flexibility index (Phi) is 5.04. The van der Waals surface area contributed by atoms with E-state index < -0.39 is 0 Å². The minimum absolute atomic E-state index is 0.134. The van der Waals surface area contributed by atoms with Crippen LogP contribution in [0.15, 0.2) is 50.6 Å². The van der Waals surface area contributed by atoms with Gasteiger partial charge in [0.15, 0.2) is 5.16 Å². The number of amides is 1. The van der Waals surface area contributed by atoms with E-state index in [1.54, 1.807) is 17.8 Å². The van der Waals surface area contributed by atoms with E-state index in [9.17, 15) is 9.59 Å². The predicted octanol–water partition coefficient (Wildman–Crippen LogP) is 3.44. The Morgan fingerprint density at radius 1 is 1.35 bits per heavy atom. The lowest BCUT2D eigenvalue weighted by atomic mass is 10.3. The lowest BCUT2D eigenvalue weighted by molar-refractivity contribution is -0.113. The number of carbonyl (C=O) groups is 1. The van der Waals surface area contributed by atoms with Crippen LogP contribution in [0, 0.1) is 0 Å². The minimum atomic E-state index is -0.174. The van der Waals surface area contributed by atoms with Crippen LogP contribution in [-0.2, 0) is 4.79 Å². The van der Waals surface area contributed by atoms with E-state index in [1.807, 2.05) is 35.9 Å². The molecule has 0 radical (unpaired) electrons. The molecule has 3 aromatic rings. The smallest absolute Gasteiger partial charge is 0.260 e. The average molecular weight is 363 g/mol. The van der Waals surface area contributed by atoms with Crippen molar-refractivity contribution in [2.45, 2.75) is 10.1 Å². The number of H-pyrrole nitrogens is 1. The number of nitrogens with one attached hydrogen (secondary N) is 2. The molecule has 0 bridgehead atoms. The summed E-state index contributed by atoms with van der Waals surface area (Å²) in [7, 11) is 0. The highest BCUT2D eigenvalue weighted by molar-refractivity contribution is 7.99. The lowest BCUT2D eigenvalue weighted by Gasteiger charge is -2.08. The fourth-order valence-electron chi connectivity index (χ4n) is 1.98. The normalized spacial score (nSPS) is 10.8. The molecule has 23 heavy (non-hydrogen) atoms. The van der Waals surface area contributed by atoms with Crippen molar-refractivity contribution in [1.82, 2.24) is 9.97 Å². The largest absolute Gasteiger partial charge is 0.324 e.